The Morgan fingerprint density at radius 3 is 2.52 bits per heavy atom. The molecular formula is C14H22N4O3. The van der Waals surface area contributed by atoms with Gasteiger partial charge in [-0.15, -0.1) is 0 Å². The number of nitrogens with two attached hydrogens (primary N) is 1. The van der Waals surface area contributed by atoms with Crippen LogP contribution in [0.5, 0.6) is 0 Å². The van der Waals surface area contributed by atoms with E-state index in [9.17, 15) is 14.4 Å². The van der Waals surface area contributed by atoms with Crippen molar-refractivity contribution in [2.75, 3.05) is 18.8 Å². The van der Waals surface area contributed by atoms with Crippen LogP contribution in [0.2, 0.25) is 0 Å². The summed E-state index contributed by atoms with van der Waals surface area (Å²) in [5.41, 5.74) is 4.57. The van der Waals surface area contributed by atoms with Crippen molar-refractivity contribution in [2.45, 2.75) is 32.2 Å². The number of hydrogen-bond acceptors (Lipinski definition) is 5. The van der Waals surface area contributed by atoms with Crippen LogP contribution < -0.4 is 17.0 Å². The van der Waals surface area contributed by atoms with Gasteiger partial charge in [-0.25, -0.2) is 4.79 Å². The molecule has 2 rings (SSSR count). The summed E-state index contributed by atoms with van der Waals surface area (Å²) in [4.78, 5) is 38.4. The number of rotatable bonds is 3. The van der Waals surface area contributed by atoms with E-state index in [0.29, 0.717) is 6.04 Å². The zero-order chi connectivity index (χ0) is 15.7. The summed E-state index contributed by atoms with van der Waals surface area (Å²) in [5, 5.41) is 0. The zero-order valence-corrected chi connectivity index (χ0v) is 12.8. The van der Waals surface area contributed by atoms with Gasteiger partial charge in [0.15, 0.2) is 5.78 Å². The molecular weight excluding hydrogens is 272 g/mol. The van der Waals surface area contributed by atoms with Crippen LogP contribution in [0.15, 0.2) is 9.59 Å². The van der Waals surface area contributed by atoms with Crippen LogP contribution in [0.3, 0.4) is 0 Å². The van der Waals surface area contributed by atoms with Crippen molar-refractivity contribution in [2.24, 2.45) is 14.1 Å². The number of aromatic nitrogens is 2. The van der Waals surface area contributed by atoms with Crippen LogP contribution in [0.25, 0.3) is 0 Å². The topological polar surface area (TPSA) is 90.3 Å². The molecule has 2 heterocycles. The second-order valence-electron chi connectivity index (χ2n) is 5.70. The number of carbonyl (C=O) groups is 1. The van der Waals surface area contributed by atoms with Gasteiger partial charge in [0.05, 0.1) is 6.54 Å². The van der Waals surface area contributed by atoms with Crippen LogP contribution >= 0.6 is 0 Å². The number of Topliss-reactive ketones (excluding diaryl/α,β-unsaturated/α-hetero) is 1. The molecule has 1 aliphatic rings. The molecule has 1 fully saturated rings. The highest BCUT2D eigenvalue weighted by atomic mass is 16.2. The van der Waals surface area contributed by atoms with Gasteiger partial charge in [0, 0.05) is 20.1 Å². The minimum atomic E-state index is -0.620. The average molecular weight is 294 g/mol. The molecule has 1 saturated heterocycles. The molecule has 0 saturated carbocycles. The fourth-order valence-electron chi connectivity index (χ4n) is 2.78. The van der Waals surface area contributed by atoms with E-state index >= 15 is 0 Å². The first-order chi connectivity index (χ1) is 9.84. The normalized spacial score (nSPS) is 19.7. The Morgan fingerprint density at radius 1 is 1.24 bits per heavy atom. The highest BCUT2D eigenvalue weighted by Gasteiger charge is 2.25. The van der Waals surface area contributed by atoms with Crippen molar-refractivity contribution in [3.63, 3.8) is 0 Å². The van der Waals surface area contributed by atoms with Crippen LogP contribution in [-0.2, 0) is 14.1 Å². The molecule has 7 heteroatoms. The van der Waals surface area contributed by atoms with Crippen molar-refractivity contribution in [3.05, 3.63) is 26.4 Å². The summed E-state index contributed by atoms with van der Waals surface area (Å²) in [5.74, 6) is -0.379. The highest BCUT2D eigenvalue weighted by molar-refractivity contribution is 6.01. The quantitative estimate of drug-likeness (QED) is 0.775. The standard InChI is InChI=1S/C14H22N4O3/c1-9-6-4-5-7-18(9)8-10(19)11-12(15)16(2)14(21)17(3)13(11)20/h9H,4-8,15H2,1-3H3/t9-/m1/s1. The van der Waals surface area contributed by atoms with E-state index in [0.717, 1.165) is 34.9 Å². The number of nitrogen functional groups attached to an aromatic ring is 1. The molecule has 0 unspecified atom stereocenters. The van der Waals surface area contributed by atoms with Gasteiger partial charge in [0.2, 0.25) is 0 Å². The van der Waals surface area contributed by atoms with Crippen molar-refractivity contribution >= 4 is 11.6 Å². The second-order valence-corrected chi connectivity index (χ2v) is 5.70. The third kappa shape index (κ3) is 2.78. The largest absolute Gasteiger partial charge is 0.384 e. The third-order valence-electron chi connectivity index (χ3n) is 4.28. The molecule has 7 nitrogen and oxygen atoms in total. The number of piperidine rings is 1. The Balaban J connectivity index is 2.36. The SMILES string of the molecule is C[C@@H]1CCCCN1CC(=O)c1c(N)n(C)c(=O)n(C)c1=O. The summed E-state index contributed by atoms with van der Waals surface area (Å²) in [6.07, 6.45) is 3.27. The van der Waals surface area contributed by atoms with Crippen LogP contribution in [0.4, 0.5) is 5.82 Å². The molecule has 1 aromatic heterocycles. The van der Waals surface area contributed by atoms with Gasteiger partial charge >= 0.3 is 5.69 Å². The number of nitrogens with zero attached hydrogens (tertiary/aromatic N) is 3. The number of hydrogen-bond donors (Lipinski definition) is 1. The van der Waals surface area contributed by atoms with Crippen LogP contribution in [-0.4, -0.2) is 38.9 Å². The number of likely N-dealkylation sites (tertiary alicyclic amines) is 1. The minimum Gasteiger partial charge on any atom is -0.384 e. The van der Waals surface area contributed by atoms with Gasteiger partial charge in [0.1, 0.15) is 11.4 Å². The first-order valence-electron chi connectivity index (χ1n) is 7.17. The summed E-state index contributed by atoms with van der Waals surface area (Å²) < 4.78 is 2.05. The number of anilines is 1. The molecule has 0 aromatic carbocycles. The lowest BCUT2D eigenvalue weighted by Gasteiger charge is -2.32. The lowest BCUT2D eigenvalue weighted by atomic mass is 10.0. The molecule has 0 bridgehead atoms. The van der Waals surface area contributed by atoms with Crippen molar-refractivity contribution in [3.8, 4) is 0 Å². The first kappa shape index (κ1) is 15.5. The molecule has 1 aromatic rings. The molecule has 116 valence electrons. The monoisotopic (exact) mass is 294 g/mol. The number of carbonyl (C=O) groups excluding carboxylic acids is 1. The van der Waals surface area contributed by atoms with E-state index in [1.807, 2.05) is 0 Å². The number of ketones is 1. The van der Waals surface area contributed by atoms with E-state index in [1.165, 1.54) is 14.1 Å². The highest BCUT2D eigenvalue weighted by Crippen LogP contribution is 2.17. The van der Waals surface area contributed by atoms with Crippen molar-refractivity contribution in [1.29, 1.82) is 0 Å². The summed E-state index contributed by atoms with van der Waals surface area (Å²) in [6, 6.07) is 0.320. The van der Waals surface area contributed by atoms with Gasteiger partial charge in [0.25, 0.3) is 5.56 Å². The summed E-state index contributed by atoms with van der Waals surface area (Å²) in [7, 11) is 2.81. The third-order valence-corrected chi connectivity index (χ3v) is 4.28. The smallest absolute Gasteiger partial charge is 0.332 e. The Labute approximate surface area is 123 Å². The molecule has 1 atom stereocenters. The van der Waals surface area contributed by atoms with Gasteiger partial charge < -0.3 is 5.73 Å². The van der Waals surface area contributed by atoms with E-state index in [1.54, 1.807) is 0 Å². The first-order valence-corrected chi connectivity index (χ1v) is 7.17. The van der Waals surface area contributed by atoms with Gasteiger partial charge in [-0.05, 0) is 26.3 Å². The van der Waals surface area contributed by atoms with E-state index in [4.69, 9.17) is 5.73 Å². The minimum absolute atomic E-state index is 0.0576. The van der Waals surface area contributed by atoms with Crippen molar-refractivity contribution < 1.29 is 4.79 Å². The fourth-order valence-corrected chi connectivity index (χ4v) is 2.78. The van der Waals surface area contributed by atoms with Gasteiger partial charge in [-0.3, -0.25) is 23.6 Å². The maximum absolute atomic E-state index is 12.5. The molecule has 0 spiro atoms. The zero-order valence-electron chi connectivity index (χ0n) is 12.8. The van der Waals surface area contributed by atoms with Crippen LogP contribution in [0, 0.1) is 0 Å². The van der Waals surface area contributed by atoms with Crippen molar-refractivity contribution in [1.82, 2.24) is 14.0 Å². The Morgan fingerprint density at radius 2 is 1.90 bits per heavy atom. The lowest BCUT2D eigenvalue weighted by Crippen LogP contribution is -2.45. The molecule has 1 aliphatic heterocycles. The molecule has 21 heavy (non-hydrogen) atoms. The van der Waals surface area contributed by atoms with Gasteiger partial charge in [-0.2, -0.15) is 0 Å². The van der Waals surface area contributed by atoms with Crippen LogP contribution in [0.1, 0.15) is 36.5 Å². The predicted octanol–water partition coefficient (Wildman–Crippen LogP) is -0.277. The predicted molar refractivity (Wildman–Crippen MR) is 80.6 cm³/mol. The Kier molecular flexibility index (Phi) is 4.32. The van der Waals surface area contributed by atoms with E-state index in [-0.39, 0.29) is 23.7 Å². The molecule has 2 N–H and O–H groups in total. The summed E-state index contributed by atoms with van der Waals surface area (Å²) >= 11 is 0. The lowest BCUT2D eigenvalue weighted by molar-refractivity contribution is 0.0858. The second kappa shape index (κ2) is 5.85. The average Bonchev–Trinajstić information content (AvgIpc) is 2.46. The van der Waals surface area contributed by atoms with Gasteiger partial charge in [-0.1, -0.05) is 6.42 Å². The van der Waals surface area contributed by atoms with E-state index in [2.05, 4.69) is 11.8 Å². The Hall–Kier alpha value is -1.89. The Bertz CT molecular complexity index is 674. The molecule has 0 aliphatic carbocycles. The maximum atomic E-state index is 12.5. The fraction of sp³-hybridized carbons (Fsp3) is 0.643. The maximum Gasteiger partial charge on any atom is 0.332 e. The summed E-state index contributed by atoms with van der Waals surface area (Å²) in [6.45, 7) is 3.09. The molecule has 0 radical (unpaired) electrons. The molecule has 0 amide bonds. The van der Waals surface area contributed by atoms with E-state index < -0.39 is 11.2 Å².